The second kappa shape index (κ2) is 2.55. The van der Waals surface area contributed by atoms with E-state index in [2.05, 4.69) is 35.7 Å². The summed E-state index contributed by atoms with van der Waals surface area (Å²) in [6.45, 7) is 0. The Bertz CT molecular complexity index is 445. The van der Waals surface area contributed by atoms with Crippen molar-refractivity contribution in [1.82, 2.24) is 5.32 Å². The molecule has 0 bridgehead atoms. The molecule has 2 aliphatic carbocycles. The topological polar surface area (TPSA) is 40.4 Å². The standard InChI is InChI=1S/C12H11NO2/c1-2-4-8-6-10-9(5-7(8)3-1)14-11-12(13-11)15-10/h1-3,5-6,8,11-13H,4H2/t8?,11?,12-/m0/s1. The molecule has 2 heterocycles. The summed E-state index contributed by atoms with van der Waals surface area (Å²) >= 11 is 0. The summed E-state index contributed by atoms with van der Waals surface area (Å²) in [4.78, 5) is 0. The van der Waals surface area contributed by atoms with Gasteiger partial charge in [0.15, 0.2) is 11.5 Å². The first-order valence-electron chi connectivity index (χ1n) is 5.30. The third kappa shape index (κ3) is 1.10. The van der Waals surface area contributed by atoms with Gasteiger partial charge in [0.1, 0.15) is 0 Å². The monoisotopic (exact) mass is 201 g/mol. The molecule has 2 fully saturated rings. The van der Waals surface area contributed by atoms with Crippen molar-refractivity contribution in [3.8, 4) is 0 Å². The van der Waals surface area contributed by atoms with Gasteiger partial charge < -0.3 is 9.47 Å². The van der Waals surface area contributed by atoms with E-state index in [1.54, 1.807) is 0 Å². The van der Waals surface area contributed by atoms with Crippen LogP contribution in [0.1, 0.15) is 6.42 Å². The lowest BCUT2D eigenvalue weighted by Gasteiger charge is -2.26. The highest BCUT2D eigenvalue weighted by Gasteiger charge is 2.47. The second-order valence-electron chi connectivity index (χ2n) is 4.22. The van der Waals surface area contributed by atoms with Crippen molar-refractivity contribution in [1.29, 1.82) is 0 Å². The average Bonchev–Trinajstić information content (AvgIpc) is 3.00. The number of rotatable bonds is 0. The quantitative estimate of drug-likeness (QED) is 0.605. The lowest BCUT2D eigenvalue weighted by atomic mass is 9.87. The van der Waals surface area contributed by atoms with Crippen LogP contribution in [0.5, 0.6) is 0 Å². The number of hydrogen-bond acceptors (Lipinski definition) is 3. The molecular formula is C12H11NO2. The fourth-order valence-electron chi connectivity index (χ4n) is 2.23. The van der Waals surface area contributed by atoms with Gasteiger partial charge in [-0.1, -0.05) is 18.2 Å². The number of nitrogens with one attached hydrogen (secondary N) is 1. The molecule has 0 aromatic rings. The molecule has 2 aliphatic heterocycles. The summed E-state index contributed by atoms with van der Waals surface area (Å²) in [5, 5.41) is 3.11. The Labute approximate surface area is 87.7 Å². The van der Waals surface area contributed by atoms with Crippen molar-refractivity contribution < 1.29 is 9.47 Å². The fourth-order valence-corrected chi connectivity index (χ4v) is 2.23. The largest absolute Gasteiger partial charge is 0.466 e. The van der Waals surface area contributed by atoms with E-state index >= 15 is 0 Å². The summed E-state index contributed by atoms with van der Waals surface area (Å²) in [6, 6.07) is 0. The molecular weight excluding hydrogens is 190 g/mol. The molecule has 0 aromatic carbocycles. The number of ether oxygens (including phenoxy) is 2. The molecule has 3 atom stereocenters. The van der Waals surface area contributed by atoms with Crippen LogP contribution in [0.25, 0.3) is 0 Å². The highest BCUT2D eigenvalue weighted by atomic mass is 16.6. The van der Waals surface area contributed by atoms with Gasteiger partial charge in [-0.3, -0.25) is 0 Å². The first kappa shape index (κ1) is 7.77. The van der Waals surface area contributed by atoms with E-state index in [4.69, 9.17) is 9.47 Å². The molecule has 4 rings (SSSR count). The zero-order chi connectivity index (χ0) is 9.83. The summed E-state index contributed by atoms with van der Waals surface area (Å²) < 4.78 is 11.4. The molecule has 0 radical (unpaired) electrons. The molecule has 76 valence electrons. The minimum absolute atomic E-state index is 0.0738. The van der Waals surface area contributed by atoms with Crippen LogP contribution in [0.4, 0.5) is 0 Å². The summed E-state index contributed by atoms with van der Waals surface area (Å²) in [6.07, 6.45) is 11.9. The van der Waals surface area contributed by atoms with Gasteiger partial charge in [0.05, 0.1) is 0 Å². The molecule has 15 heavy (non-hydrogen) atoms. The fraction of sp³-hybridized carbons (Fsp3) is 0.333. The molecule has 4 aliphatic rings. The first-order valence-corrected chi connectivity index (χ1v) is 5.30. The van der Waals surface area contributed by atoms with Crippen LogP contribution in [0.2, 0.25) is 0 Å². The van der Waals surface area contributed by atoms with Gasteiger partial charge in [0, 0.05) is 5.92 Å². The van der Waals surface area contributed by atoms with Crippen molar-refractivity contribution in [3.63, 3.8) is 0 Å². The van der Waals surface area contributed by atoms with Crippen LogP contribution in [-0.4, -0.2) is 12.5 Å². The van der Waals surface area contributed by atoms with Gasteiger partial charge in [-0.15, -0.1) is 0 Å². The third-order valence-electron chi connectivity index (χ3n) is 3.14. The Morgan fingerprint density at radius 3 is 3.00 bits per heavy atom. The normalized spacial score (nSPS) is 39.5. The Hall–Kier alpha value is -1.48. The molecule has 2 saturated heterocycles. The van der Waals surface area contributed by atoms with Crippen molar-refractivity contribution in [2.75, 3.05) is 0 Å². The lowest BCUT2D eigenvalue weighted by Crippen LogP contribution is -2.19. The third-order valence-corrected chi connectivity index (χ3v) is 3.14. The van der Waals surface area contributed by atoms with Gasteiger partial charge in [-0.25, -0.2) is 5.32 Å². The maximum atomic E-state index is 5.72. The van der Waals surface area contributed by atoms with Gasteiger partial charge in [-0.2, -0.15) is 0 Å². The average molecular weight is 201 g/mol. The molecule has 1 N–H and O–H groups in total. The first-order chi connectivity index (χ1) is 7.40. The molecule has 3 heteroatoms. The van der Waals surface area contributed by atoms with Gasteiger partial charge in [0.2, 0.25) is 12.5 Å². The molecule has 3 nitrogen and oxygen atoms in total. The minimum Gasteiger partial charge on any atom is -0.466 e. The van der Waals surface area contributed by atoms with Crippen molar-refractivity contribution in [2.45, 2.75) is 18.9 Å². The van der Waals surface area contributed by atoms with Crippen LogP contribution in [0.3, 0.4) is 0 Å². The van der Waals surface area contributed by atoms with Crippen LogP contribution in [0, 0.1) is 5.92 Å². The van der Waals surface area contributed by atoms with E-state index in [-0.39, 0.29) is 12.5 Å². The molecule has 0 spiro atoms. The van der Waals surface area contributed by atoms with E-state index in [9.17, 15) is 0 Å². The van der Waals surface area contributed by atoms with Gasteiger partial charge in [0.25, 0.3) is 0 Å². The van der Waals surface area contributed by atoms with Crippen molar-refractivity contribution in [3.05, 3.63) is 47.5 Å². The summed E-state index contributed by atoms with van der Waals surface area (Å²) in [7, 11) is 0. The Morgan fingerprint density at radius 2 is 2.07 bits per heavy atom. The number of hydrogen-bond donors (Lipinski definition) is 1. The summed E-state index contributed by atoms with van der Waals surface area (Å²) in [5.41, 5.74) is 1.32. The highest BCUT2D eigenvalue weighted by molar-refractivity contribution is 5.44. The Balaban J connectivity index is 1.75. The van der Waals surface area contributed by atoms with Crippen LogP contribution in [-0.2, 0) is 9.47 Å². The number of allylic oxidation sites excluding steroid dienone is 6. The maximum Gasteiger partial charge on any atom is 0.204 e. The predicted octanol–water partition coefficient (Wildman–Crippen LogP) is 1.57. The lowest BCUT2D eigenvalue weighted by molar-refractivity contribution is 0.0521. The number of fused-ring (bicyclic) bond motifs is 3. The Morgan fingerprint density at radius 1 is 1.20 bits per heavy atom. The van der Waals surface area contributed by atoms with Crippen LogP contribution < -0.4 is 5.32 Å². The van der Waals surface area contributed by atoms with Crippen molar-refractivity contribution >= 4 is 0 Å². The van der Waals surface area contributed by atoms with E-state index in [0.29, 0.717) is 5.92 Å². The van der Waals surface area contributed by atoms with E-state index in [1.165, 1.54) is 5.57 Å². The molecule has 0 saturated carbocycles. The van der Waals surface area contributed by atoms with Crippen molar-refractivity contribution in [2.24, 2.45) is 5.92 Å². The van der Waals surface area contributed by atoms with Gasteiger partial charge >= 0.3 is 0 Å². The second-order valence-corrected chi connectivity index (χ2v) is 4.22. The van der Waals surface area contributed by atoms with Crippen LogP contribution >= 0.6 is 0 Å². The van der Waals surface area contributed by atoms with Crippen LogP contribution in [0.15, 0.2) is 47.5 Å². The maximum absolute atomic E-state index is 5.72. The highest BCUT2D eigenvalue weighted by Crippen LogP contribution is 2.39. The molecule has 0 aromatic heterocycles. The molecule has 0 amide bonds. The smallest absolute Gasteiger partial charge is 0.204 e. The predicted molar refractivity (Wildman–Crippen MR) is 54.4 cm³/mol. The molecule has 2 unspecified atom stereocenters. The minimum atomic E-state index is 0.0738. The SMILES string of the molecule is C1=CCC2C=C3O[C@@H]4NC4OC3=CC2=C1. The van der Waals surface area contributed by atoms with E-state index in [1.807, 2.05) is 0 Å². The van der Waals surface area contributed by atoms with E-state index in [0.717, 1.165) is 17.9 Å². The zero-order valence-electron chi connectivity index (χ0n) is 8.14. The van der Waals surface area contributed by atoms with Gasteiger partial charge in [-0.05, 0) is 24.1 Å². The Kier molecular flexibility index (Phi) is 1.32. The van der Waals surface area contributed by atoms with E-state index < -0.39 is 0 Å². The zero-order valence-corrected chi connectivity index (χ0v) is 8.14. The summed E-state index contributed by atoms with van der Waals surface area (Å²) in [5.74, 6) is 2.24.